The molecule has 24 heavy (non-hydrogen) atoms. The van der Waals surface area contributed by atoms with Crippen molar-refractivity contribution < 1.29 is 9.21 Å². The van der Waals surface area contributed by atoms with Crippen LogP contribution in [0.15, 0.2) is 47.3 Å². The minimum atomic E-state index is 0.278. The molecule has 1 aromatic heterocycles. The van der Waals surface area contributed by atoms with E-state index in [1.165, 1.54) is 16.7 Å². The van der Waals surface area contributed by atoms with Gasteiger partial charge in [-0.05, 0) is 31.4 Å². The van der Waals surface area contributed by atoms with Crippen molar-refractivity contribution >= 4 is 5.91 Å². The quantitative estimate of drug-likeness (QED) is 0.846. The lowest BCUT2D eigenvalue weighted by Crippen LogP contribution is -2.35. The van der Waals surface area contributed by atoms with Crippen molar-refractivity contribution in [2.75, 3.05) is 26.2 Å². The van der Waals surface area contributed by atoms with Crippen molar-refractivity contribution in [3.63, 3.8) is 0 Å². The zero-order valence-corrected chi connectivity index (χ0v) is 14.4. The summed E-state index contributed by atoms with van der Waals surface area (Å²) in [6.07, 6.45) is 5.98. The van der Waals surface area contributed by atoms with Crippen LogP contribution in [0.1, 0.15) is 29.5 Å². The molecule has 0 bridgehead atoms. The Labute approximate surface area is 144 Å². The summed E-state index contributed by atoms with van der Waals surface area (Å²) in [4.78, 5) is 16.9. The fraction of sp³-hybridized carbons (Fsp3) is 0.450. The summed E-state index contributed by atoms with van der Waals surface area (Å²) in [6.45, 7) is 6.65. The van der Waals surface area contributed by atoms with E-state index in [1.54, 1.807) is 12.5 Å². The Morgan fingerprint density at radius 2 is 1.88 bits per heavy atom. The van der Waals surface area contributed by atoms with Crippen LogP contribution in [-0.4, -0.2) is 41.9 Å². The minimum absolute atomic E-state index is 0.278. The van der Waals surface area contributed by atoms with E-state index in [4.69, 9.17) is 4.42 Å². The van der Waals surface area contributed by atoms with E-state index in [2.05, 4.69) is 36.1 Å². The third-order valence-corrected chi connectivity index (χ3v) is 4.68. The summed E-state index contributed by atoms with van der Waals surface area (Å²) in [7, 11) is 0. The first-order valence-electron chi connectivity index (χ1n) is 8.77. The molecule has 4 nitrogen and oxygen atoms in total. The SMILES string of the molecule is Cc1ccc(CCC(=O)N2CCCN(Cc3ccoc3)CC2)cc1. The fourth-order valence-corrected chi connectivity index (χ4v) is 3.18. The van der Waals surface area contributed by atoms with Gasteiger partial charge >= 0.3 is 0 Å². The molecule has 0 atom stereocenters. The Morgan fingerprint density at radius 1 is 1.04 bits per heavy atom. The van der Waals surface area contributed by atoms with Crippen LogP contribution in [0.2, 0.25) is 0 Å². The Balaban J connectivity index is 1.46. The maximum atomic E-state index is 12.5. The largest absolute Gasteiger partial charge is 0.472 e. The van der Waals surface area contributed by atoms with E-state index in [9.17, 15) is 4.79 Å². The predicted octanol–water partition coefficient (Wildman–Crippen LogP) is 3.26. The highest BCUT2D eigenvalue weighted by Gasteiger charge is 2.19. The summed E-state index contributed by atoms with van der Waals surface area (Å²) in [5, 5.41) is 0. The number of carbonyl (C=O) groups is 1. The molecule has 4 heteroatoms. The second-order valence-corrected chi connectivity index (χ2v) is 6.63. The van der Waals surface area contributed by atoms with Crippen molar-refractivity contribution in [1.29, 1.82) is 0 Å². The van der Waals surface area contributed by atoms with Crippen LogP contribution in [0, 0.1) is 6.92 Å². The van der Waals surface area contributed by atoms with Gasteiger partial charge in [0.15, 0.2) is 0 Å². The van der Waals surface area contributed by atoms with Gasteiger partial charge in [0.25, 0.3) is 0 Å². The highest BCUT2D eigenvalue weighted by atomic mass is 16.3. The Bertz CT molecular complexity index is 634. The van der Waals surface area contributed by atoms with Crippen LogP contribution >= 0.6 is 0 Å². The highest BCUT2D eigenvalue weighted by Crippen LogP contribution is 2.12. The number of amides is 1. The zero-order chi connectivity index (χ0) is 16.8. The van der Waals surface area contributed by atoms with Crippen molar-refractivity contribution in [2.45, 2.75) is 32.7 Å². The lowest BCUT2D eigenvalue weighted by Gasteiger charge is -2.21. The van der Waals surface area contributed by atoms with Crippen molar-refractivity contribution in [3.8, 4) is 0 Å². The number of hydrogen-bond donors (Lipinski definition) is 0. The Hall–Kier alpha value is -2.07. The van der Waals surface area contributed by atoms with Crippen molar-refractivity contribution in [2.24, 2.45) is 0 Å². The van der Waals surface area contributed by atoms with Gasteiger partial charge in [0.2, 0.25) is 5.91 Å². The molecule has 0 unspecified atom stereocenters. The number of benzene rings is 1. The second kappa shape index (κ2) is 8.15. The van der Waals surface area contributed by atoms with Crippen molar-refractivity contribution in [3.05, 3.63) is 59.5 Å². The summed E-state index contributed by atoms with van der Waals surface area (Å²) in [5.41, 5.74) is 3.70. The molecule has 0 aliphatic carbocycles. The molecule has 1 saturated heterocycles. The smallest absolute Gasteiger partial charge is 0.222 e. The average Bonchev–Trinajstić information content (AvgIpc) is 2.98. The first-order chi connectivity index (χ1) is 11.7. The first kappa shape index (κ1) is 16.8. The van der Waals surface area contributed by atoms with Gasteiger partial charge in [0.1, 0.15) is 0 Å². The zero-order valence-electron chi connectivity index (χ0n) is 14.4. The molecule has 0 saturated carbocycles. The number of carbonyl (C=O) groups excluding carboxylic acids is 1. The van der Waals surface area contributed by atoms with Crippen molar-refractivity contribution in [1.82, 2.24) is 9.80 Å². The predicted molar refractivity (Wildman–Crippen MR) is 94.7 cm³/mol. The molecule has 1 fully saturated rings. The number of furan rings is 1. The third kappa shape index (κ3) is 4.71. The molecule has 0 N–H and O–H groups in total. The van der Waals surface area contributed by atoms with E-state index in [1.807, 2.05) is 11.0 Å². The van der Waals surface area contributed by atoms with Crippen LogP contribution in [0.3, 0.4) is 0 Å². The molecule has 1 aromatic carbocycles. The van der Waals surface area contributed by atoms with E-state index < -0.39 is 0 Å². The summed E-state index contributed by atoms with van der Waals surface area (Å²) in [6, 6.07) is 10.5. The normalized spacial score (nSPS) is 16.1. The number of aryl methyl sites for hydroxylation is 2. The molecule has 1 aliphatic heterocycles. The van der Waals surface area contributed by atoms with Gasteiger partial charge in [0, 0.05) is 44.7 Å². The van der Waals surface area contributed by atoms with Gasteiger partial charge in [-0.2, -0.15) is 0 Å². The van der Waals surface area contributed by atoms with E-state index >= 15 is 0 Å². The number of hydrogen-bond acceptors (Lipinski definition) is 3. The summed E-state index contributed by atoms with van der Waals surface area (Å²) < 4.78 is 5.14. The van der Waals surface area contributed by atoms with Crippen LogP contribution < -0.4 is 0 Å². The maximum Gasteiger partial charge on any atom is 0.222 e. The van der Waals surface area contributed by atoms with Gasteiger partial charge in [-0.1, -0.05) is 29.8 Å². The molecular formula is C20H26N2O2. The van der Waals surface area contributed by atoms with Crippen LogP contribution in [0.4, 0.5) is 0 Å². The lowest BCUT2D eigenvalue weighted by atomic mass is 10.1. The Kier molecular flexibility index (Phi) is 5.70. The van der Waals surface area contributed by atoms with Gasteiger partial charge in [-0.3, -0.25) is 9.69 Å². The Morgan fingerprint density at radius 3 is 2.62 bits per heavy atom. The van der Waals surface area contributed by atoms with Gasteiger partial charge < -0.3 is 9.32 Å². The molecule has 128 valence electrons. The topological polar surface area (TPSA) is 36.7 Å². The minimum Gasteiger partial charge on any atom is -0.472 e. The monoisotopic (exact) mass is 326 g/mol. The van der Waals surface area contributed by atoms with Crippen LogP contribution in [0.5, 0.6) is 0 Å². The van der Waals surface area contributed by atoms with Crippen LogP contribution in [-0.2, 0) is 17.8 Å². The summed E-state index contributed by atoms with van der Waals surface area (Å²) in [5.74, 6) is 0.278. The van der Waals surface area contributed by atoms with Gasteiger partial charge in [0.05, 0.1) is 12.5 Å². The molecule has 2 heterocycles. The van der Waals surface area contributed by atoms with E-state index in [0.29, 0.717) is 6.42 Å². The third-order valence-electron chi connectivity index (χ3n) is 4.68. The molecule has 0 spiro atoms. The first-order valence-corrected chi connectivity index (χ1v) is 8.77. The number of nitrogens with zero attached hydrogens (tertiary/aromatic N) is 2. The molecule has 1 amide bonds. The van der Waals surface area contributed by atoms with E-state index in [0.717, 1.165) is 45.6 Å². The average molecular weight is 326 g/mol. The standard InChI is InChI=1S/C20H26N2O2/c1-17-3-5-18(6-4-17)7-8-20(23)22-11-2-10-21(12-13-22)15-19-9-14-24-16-19/h3-6,9,14,16H,2,7-8,10-13,15H2,1H3. The number of rotatable bonds is 5. The maximum absolute atomic E-state index is 12.5. The summed E-state index contributed by atoms with van der Waals surface area (Å²) >= 11 is 0. The van der Waals surface area contributed by atoms with Gasteiger partial charge in [-0.25, -0.2) is 0 Å². The van der Waals surface area contributed by atoms with E-state index in [-0.39, 0.29) is 5.91 Å². The highest BCUT2D eigenvalue weighted by molar-refractivity contribution is 5.76. The fourth-order valence-electron chi connectivity index (χ4n) is 3.18. The molecule has 3 rings (SSSR count). The lowest BCUT2D eigenvalue weighted by molar-refractivity contribution is -0.131. The second-order valence-electron chi connectivity index (χ2n) is 6.63. The molecule has 1 aliphatic rings. The molecular weight excluding hydrogens is 300 g/mol. The molecule has 2 aromatic rings. The van der Waals surface area contributed by atoms with Crippen LogP contribution in [0.25, 0.3) is 0 Å². The van der Waals surface area contributed by atoms with Gasteiger partial charge in [-0.15, -0.1) is 0 Å². The molecule has 0 radical (unpaired) electrons.